The van der Waals surface area contributed by atoms with Gasteiger partial charge in [0, 0.05) is 0 Å². The molecule has 1 unspecified atom stereocenters. The molecule has 0 spiro atoms. The smallest absolute Gasteiger partial charge is 0.119 e. The maximum absolute atomic E-state index is 9.25. The standard InChI is InChI=1S/C11H16O2.C6H12/c1-3-10(12)8-13-11-6-4-9(2)5-7-11;1-2-4-6-5-3-1/h4-7,10,12H,3,8H2,1-2H3;1-6H2. The molecule has 1 aliphatic rings. The van der Waals surface area contributed by atoms with Crippen LogP contribution in [0.25, 0.3) is 0 Å². The monoisotopic (exact) mass is 264 g/mol. The van der Waals surface area contributed by atoms with Crippen LogP contribution in [0.3, 0.4) is 0 Å². The summed E-state index contributed by atoms with van der Waals surface area (Å²) < 4.78 is 5.36. The molecule has 108 valence electrons. The second kappa shape index (κ2) is 9.85. The third kappa shape index (κ3) is 7.89. The fraction of sp³-hybridized carbons (Fsp3) is 0.647. The van der Waals surface area contributed by atoms with E-state index in [-0.39, 0.29) is 6.10 Å². The normalized spacial score (nSPS) is 16.2. The summed E-state index contributed by atoms with van der Waals surface area (Å²) >= 11 is 0. The first-order valence-electron chi connectivity index (χ1n) is 7.60. The molecule has 0 bridgehead atoms. The van der Waals surface area contributed by atoms with Crippen molar-refractivity contribution >= 4 is 0 Å². The number of ether oxygens (including phenoxy) is 1. The van der Waals surface area contributed by atoms with Crippen LogP contribution in [0.4, 0.5) is 0 Å². The van der Waals surface area contributed by atoms with E-state index in [1.807, 2.05) is 38.1 Å². The lowest BCUT2D eigenvalue weighted by Crippen LogP contribution is -2.15. The summed E-state index contributed by atoms with van der Waals surface area (Å²) in [5, 5.41) is 9.25. The van der Waals surface area contributed by atoms with Crippen molar-refractivity contribution in [3.8, 4) is 5.75 Å². The molecular weight excluding hydrogens is 236 g/mol. The summed E-state index contributed by atoms with van der Waals surface area (Å²) in [4.78, 5) is 0. The Balaban J connectivity index is 0.000000250. The number of aryl methyl sites for hydroxylation is 1. The maximum Gasteiger partial charge on any atom is 0.119 e. The Hall–Kier alpha value is -1.02. The van der Waals surface area contributed by atoms with Gasteiger partial charge in [0.25, 0.3) is 0 Å². The molecule has 1 saturated carbocycles. The van der Waals surface area contributed by atoms with Gasteiger partial charge in [-0.25, -0.2) is 0 Å². The number of aliphatic hydroxyl groups is 1. The lowest BCUT2D eigenvalue weighted by molar-refractivity contribution is 0.104. The summed E-state index contributed by atoms with van der Waals surface area (Å²) in [6, 6.07) is 7.82. The van der Waals surface area contributed by atoms with Crippen molar-refractivity contribution < 1.29 is 9.84 Å². The number of rotatable bonds is 4. The van der Waals surface area contributed by atoms with Crippen molar-refractivity contribution in [1.82, 2.24) is 0 Å². The highest BCUT2D eigenvalue weighted by atomic mass is 16.5. The molecule has 0 heterocycles. The summed E-state index contributed by atoms with van der Waals surface area (Å²) in [6.07, 6.45) is 9.37. The largest absolute Gasteiger partial charge is 0.491 e. The van der Waals surface area contributed by atoms with Crippen LogP contribution in [0.15, 0.2) is 24.3 Å². The summed E-state index contributed by atoms with van der Waals surface area (Å²) in [5.74, 6) is 0.818. The van der Waals surface area contributed by atoms with Crippen molar-refractivity contribution in [3.63, 3.8) is 0 Å². The summed E-state index contributed by atoms with van der Waals surface area (Å²) in [6.45, 7) is 4.34. The summed E-state index contributed by atoms with van der Waals surface area (Å²) in [7, 11) is 0. The first-order valence-corrected chi connectivity index (χ1v) is 7.60. The van der Waals surface area contributed by atoms with Gasteiger partial charge in [0.05, 0.1) is 6.10 Å². The van der Waals surface area contributed by atoms with Gasteiger partial charge in [0.15, 0.2) is 0 Å². The van der Waals surface area contributed by atoms with Gasteiger partial charge in [0.2, 0.25) is 0 Å². The third-order valence-electron chi connectivity index (χ3n) is 3.43. The molecular formula is C17H28O2. The lowest BCUT2D eigenvalue weighted by atomic mass is 10.0. The Bertz CT molecular complexity index is 303. The van der Waals surface area contributed by atoms with Crippen LogP contribution in [0.5, 0.6) is 5.75 Å². The fourth-order valence-electron chi connectivity index (χ4n) is 2.01. The Morgan fingerprint density at radius 1 is 1.00 bits per heavy atom. The van der Waals surface area contributed by atoms with E-state index in [4.69, 9.17) is 4.74 Å². The van der Waals surface area contributed by atoms with Crippen molar-refractivity contribution in [3.05, 3.63) is 29.8 Å². The van der Waals surface area contributed by atoms with E-state index in [1.54, 1.807) is 0 Å². The van der Waals surface area contributed by atoms with Gasteiger partial charge >= 0.3 is 0 Å². The Kier molecular flexibility index (Phi) is 8.31. The minimum absolute atomic E-state index is 0.360. The molecule has 1 fully saturated rings. The molecule has 2 heteroatoms. The topological polar surface area (TPSA) is 29.5 Å². The van der Waals surface area contributed by atoms with Gasteiger partial charge in [-0.1, -0.05) is 63.1 Å². The molecule has 0 aliphatic heterocycles. The Morgan fingerprint density at radius 2 is 1.47 bits per heavy atom. The van der Waals surface area contributed by atoms with E-state index >= 15 is 0 Å². The molecule has 0 aromatic heterocycles. The maximum atomic E-state index is 9.25. The predicted octanol–water partition coefficient (Wildman–Crippen LogP) is 4.49. The van der Waals surface area contributed by atoms with Crippen LogP contribution >= 0.6 is 0 Å². The third-order valence-corrected chi connectivity index (χ3v) is 3.43. The predicted molar refractivity (Wildman–Crippen MR) is 80.7 cm³/mol. The first kappa shape index (κ1) is 16.0. The summed E-state index contributed by atoms with van der Waals surface area (Å²) in [5.41, 5.74) is 1.21. The number of aliphatic hydroxyl groups excluding tert-OH is 1. The quantitative estimate of drug-likeness (QED) is 0.868. The minimum Gasteiger partial charge on any atom is -0.491 e. The second-order valence-electron chi connectivity index (χ2n) is 5.31. The van der Waals surface area contributed by atoms with E-state index < -0.39 is 0 Å². The Labute approximate surface area is 117 Å². The van der Waals surface area contributed by atoms with Crippen LogP contribution in [-0.2, 0) is 0 Å². The van der Waals surface area contributed by atoms with Crippen LogP contribution < -0.4 is 4.74 Å². The zero-order valence-corrected chi connectivity index (χ0v) is 12.4. The molecule has 2 rings (SSSR count). The van der Waals surface area contributed by atoms with Crippen molar-refractivity contribution in [2.24, 2.45) is 0 Å². The van der Waals surface area contributed by atoms with E-state index in [0.29, 0.717) is 6.61 Å². The van der Waals surface area contributed by atoms with Crippen molar-refractivity contribution in [2.45, 2.75) is 64.9 Å². The minimum atomic E-state index is -0.360. The highest BCUT2D eigenvalue weighted by Crippen LogP contribution is 2.15. The van der Waals surface area contributed by atoms with Crippen molar-refractivity contribution in [2.75, 3.05) is 6.61 Å². The molecule has 1 aromatic rings. The average molecular weight is 264 g/mol. The van der Waals surface area contributed by atoms with Gasteiger partial charge in [0.1, 0.15) is 12.4 Å². The van der Waals surface area contributed by atoms with Crippen molar-refractivity contribution in [1.29, 1.82) is 0 Å². The molecule has 19 heavy (non-hydrogen) atoms. The number of benzene rings is 1. The molecule has 0 radical (unpaired) electrons. The van der Waals surface area contributed by atoms with E-state index in [0.717, 1.165) is 12.2 Å². The number of hydrogen-bond acceptors (Lipinski definition) is 2. The first-order chi connectivity index (χ1) is 9.22. The van der Waals surface area contributed by atoms with Crippen LogP contribution in [0, 0.1) is 6.92 Å². The fourth-order valence-corrected chi connectivity index (χ4v) is 2.01. The molecule has 1 aliphatic carbocycles. The molecule has 1 atom stereocenters. The van der Waals surface area contributed by atoms with E-state index in [9.17, 15) is 5.11 Å². The van der Waals surface area contributed by atoms with Crippen LogP contribution in [0.2, 0.25) is 0 Å². The highest BCUT2D eigenvalue weighted by molar-refractivity contribution is 5.26. The van der Waals surface area contributed by atoms with Gasteiger partial charge in [-0.15, -0.1) is 0 Å². The van der Waals surface area contributed by atoms with Crippen LogP contribution in [0.1, 0.15) is 57.4 Å². The molecule has 0 saturated heterocycles. The lowest BCUT2D eigenvalue weighted by Gasteiger charge is -2.09. The zero-order valence-electron chi connectivity index (χ0n) is 12.4. The molecule has 2 nitrogen and oxygen atoms in total. The molecule has 0 amide bonds. The van der Waals surface area contributed by atoms with Crippen LogP contribution in [-0.4, -0.2) is 17.8 Å². The zero-order chi connectivity index (χ0) is 13.9. The van der Waals surface area contributed by atoms with E-state index in [1.165, 1.54) is 44.1 Å². The second-order valence-corrected chi connectivity index (χ2v) is 5.31. The Morgan fingerprint density at radius 3 is 1.89 bits per heavy atom. The molecule has 1 N–H and O–H groups in total. The van der Waals surface area contributed by atoms with Gasteiger partial charge in [-0.3, -0.25) is 0 Å². The SMILES string of the molecule is C1CCCCC1.CCC(O)COc1ccc(C)cc1. The average Bonchev–Trinajstić information content (AvgIpc) is 2.49. The van der Waals surface area contributed by atoms with E-state index in [2.05, 4.69) is 0 Å². The number of hydrogen-bond donors (Lipinski definition) is 1. The van der Waals surface area contributed by atoms with Gasteiger partial charge in [-0.05, 0) is 25.5 Å². The molecule has 1 aromatic carbocycles. The van der Waals surface area contributed by atoms with Gasteiger partial charge < -0.3 is 9.84 Å². The van der Waals surface area contributed by atoms with Gasteiger partial charge in [-0.2, -0.15) is 0 Å². The highest BCUT2D eigenvalue weighted by Gasteiger charge is 2.00.